The molecule has 0 spiro atoms. The third-order valence-corrected chi connectivity index (χ3v) is 2.87. The fourth-order valence-electron chi connectivity index (χ4n) is 1.03. The lowest BCUT2D eigenvalue weighted by molar-refractivity contribution is 0.0948. The standard InChI is InChI=1S/C9H13N3O2S/c1-5-3-15-4-7(5)9(13)11-6(2)8(10)12-14/h3-4,6,14H,1-2H3,(H2,10,12)(H,11,13). The number of carbonyl (C=O) groups is 1. The second kappa shape index (κ2) is 4.79. The van der Waals surface area contributed by atoms with Crippen molar-refractivity contribution >= 4 is 23.1 Å². The van der Waals surface area contributed by atoms with Gasteiger partial charge in [0.1, 0.15) is 0 Å². The highest BCUT2D eigenvalue weighted by atomic mass is 32.1. The molecule has 0 aromatic carbocycles. The summed E-state index contributed by atoms with van der Waals surface area (Å²) >= 11 is 1.46. The Hall–Kier alpha value is -1.56. The molecule has 6 heteroatoms. The first kappa shape index (κ1) is 11.5. The summed E-state index contributed by atoms with van der Waals surface area (Å²) in [6.45, 7) is 3.51. The molecule has 0 saturated heterocycles. The van der Waals surface area contributed by atoms with Crippen LogP contribution in [0.25, 0.3) is 0 Å². The molecule has 4 N–H and O–H groups in total. The van der Waals surface area contributed by atoms with Crippen molar-refractivity contribution in [2.24, 2.45) is 10.9 Å². The van der Waals surface area contributed by atoms with Crippen molar-refractivity contribution in [3.8, 4) is 0 Å². The monoisotopic (exact) mass is 227 g/mol. The van der Waals surface area contributed by atoms with Gasteiger partial charge in [-0.2, -0.15) is 11.3 Å². The number of amides is 1. The fourth-order valence-corrected chi connectivity index (χ4v) is 1.86. The zero-order valence-electron chi connectivity index (χ0n) is 8.52. The number of nitrogens with two attached hydrogens (primary N) is 1. The average Bonchev–Trinajstić information content (AvgIpc) is 2.63. The number of hydrogen-bond acceptors (Lipinski definition) is 4. The number of carbonyl (C=O) groups excluding carboxylic acids is 1. The maximum atomic E-state index is 11.7. The van der Waals surface area contributed by atoms with Gasteiger partial charge in [0.2, 0.25) is 0 Å². The Labute approximate surface area is 91.6 Å². The Morgan fingerprint density at radius 3 is 2.80 bits per heavy atom. The summed E-state index contributed by atoms with van der Waals surface area (Å²) in [4.78, 5) is 11.7. The summed E-state index contributed by atoms with van der Waals surface area (Å²) in [7, 11) is 0. The van der Waals surface area contributed by atoms with E-state index >= 15 is 0 Å². The molecule has 1 amide bonds. The highest BCUT2D eigenvalue weighted by Crippen LogP contribution is 2.13. The maximum Gasteiger partial charge on any atom is 0.252 e. The molecule has 15 heavy (non-hydrogen) atoms. The minimum Gasteiger partial charge on any atom is -0.409 e. The van der Waals surface area contributed by atoms with Crippen LogP contribution < -0.4 is 11.1 Å². The van der Waals surface area contributed by atoms with Crippen LogP contribution in [0, 0.1) is 6.92 Å². The summed E-state index contributed by atoms with van der Waals surface area (Å²) in [6, 6.07) is -0.484. The largest absolute Gasteiger partial charge is 0.409 e. The van der Waals surface area contributed by atoms with E-state index in [4.69, 9.17) is 10.9 Å². The Kier molecular flexibility index (Phi) is 3.68. The molecule has 1 aromatic rings. The lowest BCUT2D eigenvalue weighted by Gasteiger charge is -2.11. The molecule has 1 atom stereocenters. The Morgan fingerprint density at radius 2 is 2.33 bits per heavy atom. The predicted molar refractivity (Wildman–Crippen MR) is 59.4 cm³/mol. The summed E-state index contributed by atoms with van der Waals surface area (Å²) in [6.07, 6.45) is 0. The average molecular weight is 227 g/mol. The van der Waals surface area contributed by atoms with E-state index in [1.54, 1.807) is 12.3 Å². The minimum absolute atomic E-state index is 0.0174. The van der Waals surface area contributed by atoms with Gasteiger partial charge in [-0.25, -0.2) is 0 Å². The van der Waals surface area contributed by atoms with E-state index in [2.05, 4.69) is 10.5 Å². The van der Waals surface area contributed by atoms with Crippen LogP contribution in [0.15, 0.2) is 15.9 Å². The zero-order chi connectivity index (χ0) is 11.4. The van der Waals surface area contributed by atoms with Crippen LogP contribution in [0.2, 0.25) is 0 Å². The van der Waals surface area contributed by atoms with Gasteiger partial charge in [-0.15, -0.1) is 0 Å². The summed E-state index contributed by atoms with van der Waals surface area (Å²) in [5.74, 6) is -0.232. The van der Waals surface area contributed by atoms with E-state index < -0.39 is 6.04 Å². The maximum absolute atomic E-state index is 11.7. The van der Waals surface area contributed by atoms with Crippen LogP contribution in [0.4, 0.5) is 0 Å². The number of aryl methyl sites for hydroxylation is 1. The Bertz CT molecular complexity index is 386. The van der Waals surface area contributed by atoms with Gasteiger partial charge in [-0.05, 0) is 24.8 Å². The molecule has 0 aliphatic carbocycles. The lowest BCUT2D eigenvalue weighted by Crippen LogP contribution is -2.42. The predicted octanol–water partition coefficient (Wildman–Crippen LogP) is 0.921. The first-order valence-electron chi connectivity index (χ1n) is 4.37. The SMILES string of the molecule is Cc1cscc1C(=O)NC(C)C(N)=NO. The van der Waals surface area contributed by atoms with Crippen molar-refractivity contribution in [1.29, 1.82) is 0 Å². The highest BCUT2D eigenvalue weighted by Gasteiger charge is 2.14. The van der Waals surface area contributed by atoms with Crippen LogP contribution >= 0.6 is 11.3 Å². The van der Waals surface area contributed by atoms with E-state index in [-0.39, 0.29) is 11.7 Å². The highest BCUT2D eigenvalue weighted by molar-refractivity contribution is 7.08. The summed E-state index contributed by atoms with van der Waals surface area (Å²) in [5, 5.41) is 17.5. The first-order chi connectivity index (χ1) is 7.06. The van der Waals surface area contributed by atoms with E-state index in [9.17, 15) is 4.79 Å². The summed E-state index contributed by atoms with van der Waals surface area (Å²) in [5.41, 5.74) is 6.89. The van der Waals surface area contributed by atoms with Gasteiger partial charge in [0.15, 0.2) is 5.84 Å². The molecule has 0 fully saturated rings. The van der Waals surface area contributed by atoms with Gasteiger partial charge in [-0.1, -0.05) is 5.16 Å². The molecular weight excluding hydrogens is 214 g/mol. The van der Waals surface area contributed by atoms with Gasteiger partial charge in [0.25, 0.3) is 5.91 Å². The van der Waals surface area contributed by atoms with Crippen molar-refractivity contribution < 1.29 is 10.0 Å². The van der Waals surface area contributed by atoms with Crippen LogP contribution in [-0.4, -0.2) is 23.0 Å². The van der Waals surface area contributed by atoms with E-state index in [0.717, 1.165) is 5.56 Å². The number of nitrogens with one attached hydrogen (secondary N) is 1. The van der Waals surface area contributed by atoms with Crippen LogP contribution in [0.5, 0.6) is 0 Å². The zero-order valence-corrected chi connectivity index (χ0v) is 9.34. The molecular formula is C9H13N3O2S. The molecule has 0 radical (unpaired) electrons. The van der Waals surface area contributed by atoms with Gasteiger partial charge < -0.3 is 16.3 Å². The summed E-state index contributed by atoms with van der Waals surface area (Å²) < 4.78 is 0. The molecule has 1 aromatic heterocycles. The number of rotatable bonds is 3. The number of thiophene rings is 1. The molecule has 0 aliphatic heterocycles. The van der Waals surface area contributed by atoms with Crippen LogP contribution in [0.3, 0.4) is 0 Å². The molecule has 1 unspecified atom stereocenters. The first-order valence-corrected chi connectivity index (χ1v) is 5.31. The molecule has 5 nitrogen and oxygen atoms in total. The van der Waals surface area contributed by atoms with Gasteiger partial charge >= 0.3 is 0 Å². The van der Waals surface area contributed by atoms with Crippen molar-refractivity contribution in [2.45, 2.75) is 19.9 Å². The number of oxime groups is 1. The topological polar surface area (TPSA) is 87.7 Å². The molecule has 0 saturated carbocycles. The van der Waals surface area contributed by atoms with Gasteiger partial charge in [0, 0.05) is 5.38 Å². The van der Waals surface area contributed by atoms with Crippen molar-refractivity contribution in [3.63, 3.8) is 0 Å². The van der Waals surface area contributed by atoms with Crippen molar-refractivity contribution in [2.75, 3.05) is 0 Å². The normalized spacial score (nSPS) is 13.6. The number of amidine groups is 1. The third-order valence-electron chi connectivity index (χ3n) is 2.01. The molecule has 1 rings (SSSR count). The molecule has 0 bridgehead atoms. The molecule has 1 heterocycles. The Balaban J connectivity index is 2.69. The smallest absolute Gasteiger partial charge is 0.252 e. The van der Waals surface area contributed by atoms with Gasteiger partial charge in [0.05, 0.1) is 11.6 Å². The number of hydrogen-bond donors (Lipinski definition) is 3. The lowest BCUT2D eigenvalue weighted by atomic mass is 10.2. The van der Waals surface area contributed by atoms with E-state index in [1.807, 2.05) is 12.3 Å². The quantitative estimate of drug-likeness (QED) is 0.310. The second-order valence-corrected chi connectivity index (χ2v) is 3.93. The van der Waals surface area contributed by atoms with Crippen molar-refractivity contribution in [3.05, 3.63) is 21.9 Å². The van der Waals surface area contributed by atoms with Crippen molar-refractivity contribution in [1.82, 2.24) is 5.32 Å². The molecule has 0 aliphatic rings. The van der Waals surface area contributed by atoms with E-state index in [1.165, 1.54) is 11.3 Å². The molecule has 82 valence electrons. The fraction of sp³-hybridized carbons (Fsp3) is 0.333. The number of nitrogens with zero attached hydrogens (tertiary/aromatic N) is 1. The minimum atomic E-state index is -0.484. The van der Waals surface area contributed by atoms with Crippen LogP contribution in [-0.2, 0) is 0 Å². The van der Waals surface area contributed by atoms with E-state index in [0.29, 0.717) is 5.56 Å². The second-order valence-electron chi connectivity index (χ2n) is 3.19. The Morgan fingerprint density at radius 1 is 1.67 bits per heavy atom. The third kappa shape index (κ3) is 2.69. The van der Waals surface area contributed by atoms with Gasteiger partial charge in [-0.3, -0.25) is 4.79 Å². The van der Waals surface area contributed by atoms with Crippen LogP contribution in [0.1, 0.15) is 22.8 Å².